The number of hydrogen-bond acceptors (Lipinski definition) is 0. The molecule has 0 N–H and O–H groups in total. The van der Waals surface area contributed by atoms with Gasteiger partial charge in [0, 0.05) is 0 Å². The third-order valence-electron chi connectivity index (χ3n) is 8.28. The molecule has 4 rings (SSSR count). The molecule has 29 heavy (non-hydrogen) atoms. The third kappa shape index (κ3) is 5.09. The summed E-state index contributed by atoms with van der Waals surface area (Å²) < 4.78 is 3.89. The van der Waals surface area contributed by atoms with Crippen molar-refractivity contribution < 1.29 is 23.2 Å². The van der Waals surface area contributed by atoms with E-state index < -0.39 is 23.2 Å². The Labute approximate surface area is 203 Å². The molecule has 0 aromatic heterocycles. The van der Waals surface area contributed by atoms with Gasteiger partial charge in [-0.25, -0.2) is 0 Å². The molecule has 0 spiro atoms. The van der Waals surface area contributed by atoms with Gasteiger partial charge in [-0.1, -0.05) is 0 Å². The zero-order valence-corrected chi connectivity index (χ0v) is 22.6. The molecule has 4 aliphatic rings. The largest absolute Gasteiger partial charge is 0.147 e. The second kappa shape index (κ2) is 11.3. The molecule has 0 heterocycles. The molecule has 0 aromatic carbocycles. The minimum absolute atomic E-state index is 0. The Balaban J connectivity index is 0.00000150. The van der Waals surface area contributed by atoms with Gasteiger partial charge in [0.05, 0.1) is 0 Å². The summed E-state index contributed by atoms with van der Waals surface area (Å²) in [4.78, 5) is 0. The van der Waals surface area contributed by atoms with E-state index in [1.54, 1.807) is 0 Å². The van der Waals surface area contributed by atoms with E-state index >= 15 is 0 Å². The molecule has 0 amide bonds. The van der Waals surface area contributed by atoms with E-state index in [4.69, 9.17) is 0 Å². The van der Waals surface area contributed by atoms with Gasteiger partial charge >= 0.3 is 180 Å². The van der Waals surface area contributed by atoms with Crippen LogP contribution in [0.1, 0.15) is 104 Å². The topological polar surface area (TPSA) is 0 Å². The van der Waals surface area contributed by atoms with Crippen molar-refractivity contribution in [2.45, 2.75) is 104 Å². The van der Waals surface area contributed by atoms with E-state index in [-0.39, 0.29) is 24.8 Å². The van der Waals surface area contributed by atoms with Crippen LogP contribution in [0.5, 0.6) is 0 Å². The Kier molecular flexibility index (Phi) is 10.0. The van der Waals surface area contributed by atoms with Gasteiger partial charge in [-0.3, -0.25) is 0 Å². The minimum Gasteiger partial charge on any atom is -0.147 e. The standard InChI is InChI=1S/2C13H19.2ClH.Zr/c2*1-2-13(10-6-3-7-11-13)12-8-4-5-9-12;;;/h2*4,8H,2-3,5-7,10-11H2,1H3;2*1H;. The van der Waals surface area contributed by atoms with Crippen LogP contribution in [0, 0.1) is 10.8 Å². The zero-order valence-electron chi connectivity index (χ0n) is 18.5. The van der Waals surface area contributed by atoms with E-state index in [2.05, 4.69) is 38.2 Å². The van der Waals surface area contributed by atoms with Gasteiger partial charge in [0.2, 0.25) is 0 Å². The van der Waals surface area contributed by atoms with Crippen molar-refractivity contribution in [1.82, 2.24) is 0 Å². The maximum absolute atomic E-state index is 2.57. The molecule has 2 saturated carbocycles. The zero-order chi connectivity index (χ0) is 18.7. The van der Waals surface area contributed by atoms with Crippen LogP contribution in [-0.4, -0.2) is 0 Å². The molecule has 162 valence electrons. The Hall–Kier alpha value is 0.423. The molecule has 0 aliphatic heterocycles. The van der Waals surface area contributed by atoms with Crippen LogP contribution in [0.25, 0.3) is 0 Å². The SMILES string of the molecule is CCC1(C2=[C]([Zr][C]3=C(C4(CC)CCCCC4)C=CC3)CC=C2)CCCCC1.Cl.Cl. The summed E-state index contributed by atoms with van der Waals surface area (Å²) in [6.07, 6.45) is 30.0. The average molecular weight is 515 g/mol. The van der Waals surface area contributed by atoms with Gasteiger partial charge in [0.25, 0.3) is 0 Å². The van der Waals surface area contributed by atoms with Crippen LogP contribution in [0.2, 0.25) is 0 Å². The average Bonchev–Trinajstić information content (AvgIpc) is 3.39. The van der Waals surface area contributed by atoms with Crippen LogP contribution >= 0.6 is 24.8 Å². The molecule has 2 fully saturated rings. The van der Waals surface area contributed by atoms with Gasteiger partial charge in [0.15, 0.2) is 0 Å². The smallest absolute Gasteiger partial charge is 0.147 e. The number of allylic oxidation sites excluding steroid dienone is 8. The van der Waals surface area contributed by atoms with Gasteiger partial charge in [-0.2, -0.15) is 0 Å². The van der Waals surface area contributed by atoms with Crippen molar-refractivity contribution in [1.29, 1.82) is 0 Å². The van der Waals surface area contributed by atoms with Crippen LogP contribution in [0.15, 0.2) is 42.0 Å². The molecule has 0 aromatic rings. The van der Waals surface area contributed by atoms with E-state index in [1.807, 2.05) is 17.7 Å². The molecular formula is C26H40Cl2Zr. The molecule has 0 saturated heterocycles. The first kappa shape index (κ1) is 25.7. The number of hydrogen-bond donors (Lipinski definition) is 0. The Morgan fingerprint density at radius 1 is 0.655 bits per heavy atom. The summed E-state index contributed by atoms with van der Waals surface area (Å²) in [7, 11) is 0. The van der Waals surface area contributed by atoms with Crippen molar-refractivity contribution in [3.8, 4) is 0 Å². The minimum atomic E-state index is -0.623. The molecule has 0 atom stereocenters. The quantitative estimate of drug-likeness (QED) is 0.332. The summed E-state index contributed by atoms with van der Waals surface area (Å²) in [6, 6.07) is 0. The molecule has 0 radical (unpaired) electrons. The summed E-state index contributed by atoms with van der Waals surface area (Å²) >= 11 is -0.623. The van der Waals surface area contributed by atoms with Crippen molar-refractivity contribution in [3.05, 3.63) is 42.0 Å². The second-order valence-electron chi connectivity index (χ2n) is 9.51. The fourth-order valence-corrected chi connectivity index (χ4v) is 10.9. The second-order valence-corrected chi connectivity index (χ2v) is 13.1. The maximum atomic E-state index is 2.57. The fraction of sp³-hybridized carbons (Fsp3) is 0.692. The first-order chi connectivity index (χ1) is 13.2. The molecule has 4 aliphatic carbocycles. The first-order valence-corrected chi connectivity index (χ1v) is 14.3. The van der Waals surface area contributed by atoms with E-state index in [9.17, 15) is 0 Å². The van der Waals surface area contributed by atoms with E-state index in [0.717, 1.165) is 0 Å². The normalized spacial score (nSPS) is 25.0. The van der Waals surface area contributed by atoms with E-state index in [1.165, 1.54) is 89.9 Å². The molecular weight excluding hydrogens is 474 g/mol. The first-order valence-electron chi connectivity index (χ1n) is 11.8. The van der Waals surface area contributed by atoms with E-state index in [0.29, 0.717) is 10.8 Å². The predicted octanol–water partition coefficient (Wildman–Crippen LogP) is 9.06. The molecule has 0 bridgehead atoms. The Bertz CT molecular complexity index is 613. The summed E-state index contributed by atoms with van der Waals surface area (Å²) in [6.45, 7) is 4.92. The van der Waals surface area contributed by atoms with Crippen molar-refractivity contribution in [3.63, 3.8) is 0 Å². The van der Waals surface area contributed by atoms with Crippen molar-refractivity contribution in [2.75, 3.05) is 0 Å². The molecule has 3 heteroatoms. The van der Waals surface area contributed by atoms with Gasteiger partial charge < -0.3 is 0 Å². The third-order valence-corrected chi connectivity index (χ3v) is 12.1. The van der Waals surface area contributed by atoms with Crippen LogP contribution < -0.4 is 0 Å². The molecule has 0 unspecified atom stereocenters. The summed E-state index contributed by atoms with van der Waals surface area (Å²) in [5, 5.41) is 0. The predicted molar refractivity (Wildman–Crippen MR) is 128 cm³/mol. The summed E-state index contributed by atoms with van der Waals surface area (Å²) in [5.41, 5.74) is 4.76. The number of halogens is 2. The van der Waals surface area contributed by atoms with Crippen LogP contribution in [0.3, 0.4) is 0 Å². The fourth-order valence-electron chi connectivity index (χ4n) is 6.51. The van der Waals surface area contributed by atoms with Crippen LogP contribution in [0.4, 0.5) is 0 Å². The van der Waals surface area contributed by atoms with Crippen molar-refractivity contribution in [2.24, 2.45) is 10.8 Å². The monoisotopic (exact) mass is 512 g/mol. The molecule has 0 nitrogen and oxygen atoms in total. The maximum Gasteiger partial charge on any atom is -0.147 e. The summed E-state index contributed by atoms with van der Waals surface area (Å²) in [5.74, 6) is 0. The van der Waals surface area contributed by atoms with Gasteiger partial charge in [-0.15, -0.1) is 24.8 Å². The van der Waals surface area contributed by atoms with Gasteiger partial charge in [0.1, 0.15) is 0 Å². The Morgan fingerprint density at radius 3 is 1.38 bits per heavy atom. The Morgan fingerprint density at radius 2 is 1.03 bits per heavy atom. The van der Waals surface area contributed by atoms with Gasteiger partial charge in [-0.05, 0) is 0 Å². The van der Waals surface area contributed by atoms with Crippen molar-refractivity contribution >= 4 is 24.8 Å². The number of rotatable bonds is 6. The van der Waals surface area contributed by atoms with Crippen LogP contribution in [-0.2, 0) is 23.2 Å².